The molecule has 0 aliphatic carbocycles. The maximum atomic E-state index is 13.5. The molecule has 1 unspecified atom stereocenters. The van der Waals surface area contributed by atoms with E-state index in [4.69, 9.17) is 15.4 Å². The van der Waals surface area contributed by atoms with Gasteiger partial charge in [-0.2, -0.15) is 5.10 Å². The van der Waals surface area contributed by atoms with Crippen LogP contribution in [0.1, 0.15) is 6.92 Å². The highest BCUT2D eigenvalue weighted by Crippen LogP contribution is 2.32. The Morgan fingerprint density at radius 1 is 1.73 bits per heavy atom. The fraction of sp³-hybridized carbons (Fsp3) is 0.571. The number of rotatable bonds is 1. The molecule has 1 aromatic rings. The number of halogens is 2. The molecule has 2 heterocycles. The predicted octanol–water partition coefficient (Wildman–Crippen LogP) is 0.931. The topological polar surface area (TPSA) is 61.2 Å². The third-order valence-electron chi connectivity index (χ3n) is 2.01. The van der Waals surface area contributed by atoms with Gasteiger partial charge in [0.1, 0.15) is 6.61 Å². The summed E-state index contributed by atoms with van der Waals surface area (Å²) in [5.74, 6) is 0.000116. The first-order valence-corrected chi connectivity index (χ1v) is 6.43. The van der Waals surface area contributed by atoms with Crippen LogP contribution in [0.25, 0.3) is 0 Å². The van der Waals surface area contributed by atoms with Crippen molar-refractivity contribution >= 4 is 19.7 Å². The molecule has 15 heavy (non-hydrogen) atoms. The molecule has 0 amide bonds. The van der Waals surface area contributed by atoms with E-state index in [2.05, 4.69) is 5.10 Å². The zero-order valence-corrected chi connectivity index (χ0v) is 9.35. The number of hydrogen-bond donors (Lipinski definition) is 0. The van der Waals surface area contributed by atoms with Crippen molar-refractivity contribution in [1.82, 2.24) is 9.78 Å². The molecule has 0 bridgehead atoms. The summed E-state index contributed by atoms with van der Waals surface area (Å²) in [6.45, 7) is 1.10. The van der Waals surface area contributed by atoms with Crippen LogP contribution in [0.4, 0.5) is 4.39 Å². The van der Waals surface area contributed by atoms with Crippen LogP contribution in [0.3, 0.4) is 0 Å². The normalized spacial score (nSPS) is 25.8. The molecule has 1 aromatic heterocycles. The summed E-state index contributed by atoms with van der Waals surface area (Å²) in [6.07, 6.45) is 1.05. The number of hydrogen-bond acceptors (Lipinski definition) is 4. The van der Waals surface area contributed by atoms with Crippen molar-refractivity contribution in [2.24, 2.45) is 0 Å². The van der Waals surface area contributed by atoms with Crippen molar-refractivity contribution in [3.8, 4) is 5.88 Å². The second-order valence-electron chi connectivity index (χ2n) is 3.61. The van der Waals surface area contributed by atoms with E-state index in [-0.39, 0.29) is 23.9 Å². The molecule has 84 valence electrons. The first-order chi connectivity index (χ1) is 6.80. The van der Waals surface area contributed by atoms with E-state index in [1.807, 2.05) is 0 Å². The highest BCUT2D eigenvalue weighted by molar-refractivity contribution is 8.13. The molecule has 0 aromatic carbocycles. The maximum Gasteiger partial charge on any atom is 0.268 e. The molecule has 0 spiro atoms. The minimum Gasteiger partial charge on any atom is -0.473 e. The Kier molecular flexibility index (Phi) is 2.20. The number of fused-ring (bicyclic) bond motifs is 1. The smallest absolute Gasteiger partial charge is 0.268 e. The van der Waals surface area contributed by atoms with E-state index < -0.39 is 14.7 Å². The van der Waals surface area contributed by atoms with Crippen molar-refractivity contribution in [3.63, 3.8) is 0 Å². The maximum absolute atomic E-state index is 13.5. The Labute approximate surface area is 90.2 Å². The van der Waals surface area contributed by atoms with Gasteiger partial charge in [0.05, 0.1) is 12.7 Å². The summed E-state index contributed by atoms with van der Waals surface area (Å²) in [6, 6.07) is 0. The molecule has 0 N–H and O–H groups in total. The van der Waals surface area contributed by atoms with E-state index in [9.17, 15) is 12.8 Å². The van der Waals surface area contributed by atoms with Gasteiger partial charge in [-0.3, -0.25) is 0 Å². The number of ether oxygens (including phenoxy) is 1. The first-order valence-electron chi connectivity index (χ1n) is 4.12. The van der Waals surface area contributed by atoms with Crippen molar-refractivity contribution in [2.45, 2.75) is 24.0 Å². The van der Waals surface area contributed by atoms with E-state index in [0.717, 1.165) is 10.9 Å². The molecule has 0 fully saturated rings. The Hall–Kier alpha value is -0.820. The van der Waals surface area contributed by atoms with Crippen LogP contribution in [0.5, 0.6) is 5.88 Å². The number of aromatic nitrogens is 2. The first kappa shape index (κ1) is 10.7. The highest BCUT2D eigenvalue weighted by Gasteiger charge is 2.35. The summed E-state index contributed by atoms with van der Waals surface area (Å²) in [7, 11) is 1.26. The van der Waals surface area contributed by atoms with Crippen LogP contribution in [-0.4, -0.2) is 30.5 Å². The lowest BCUT2D eigenvalue weighted by Gasteiger charge is -2.26. The van der Waals surface area contributed by atoms with Crippen molar-refractivity contribution < 1.29 is 17.5 Å². The average Bonchev–Trinajstić information content (AvgIpc) is 2.43. The van der Waals surface area contributed by atoms with Crippen LogP contribution >= 0.6 is 10.7 Å². The Bertz CT molecular complexity index is 496. The van der Waals surface area contributed by atoms with Gasteiger partial charge in [-0.25, -0.2) is 17.5 Å². The zero-order chi connectivity index (χ0) is 11.3. The Balaban J connectivity index is 2.48. The second kappa shape index (κ2) is 3.08. The predicted molar refractivity (Wildman–Crippen MR) is 50.3 cm³/mol. The number of nitrogens with zero attached hydrogens (tertiary/aromatic N) is 2. The molecule has 1 aliphatic rings. The molecule has 2 rings (SSSR count). The van der Waals surface area contributed by atoms with Crippen LogP contribution in [-0.2, 0) is 15.6 Å². The summed E-state index contributed by atoms with van der Waals surface area (Å²) in [4.78, 5) is -0.223. The van der Waals surface area contributed by atoms with Gasteiger partial charge in [0.2, 0.25) is 5.88 Å². The molecule has 1 aliphatic heterocycles. The van der Waals surface area contributed by atoms with Crippen LogP contribution in [0, 0.1) is 0 Å². The molecule has 0 saturated heterocycles. The van der Waals surface area contributed by atoms with E-state index in [0.29, 0.717) is 0 Å². The van der Waals surface area contributed by atoms with Gasteiger partial charge in [0.15, 0.2) is 10.6 Å². The fourth-order valence-corrected chi connectivity index (χ4v) is 2.22. The fourth-order valence-electron chi connectivity index (χ4n) is 1.36. The Morgan fingerprint density at radius 2 is 2.40 bits per heavy atom. The van der Waals surface area contributed by atoms with Gasteiger partial charge in [0.25, 0.3) is 9.05 Å². The van der Waals surface area contributed by atoms with Crippen LogP contribution < -0.4 is 4.74 Å². The molecule has 5 nitrogen and oxygen atoms in total. The van der Waals surface area contributed by atoms with Crippen molar-refractivity contribution in [2.75, 3.05) is 6.61 Å². The molecular weight excluding hydrogens is 247 g/mol. The van der Waals surface area contributed by atoms with Crippen LogP contribution in [0.2, 0.25) is 0 Å². The quantitative estimate of drug-likeness (QED) is 0.700. The van der Waals surface area contributed by atoms with E-state index in [1.165, 1.54) is 6.92 Å². The van der Waals surface area contributed by atoms with E-state index >= 15 is 0 Å². The largest absolute Gasteiger partial charge is 0.473 e. The lowest BCUT2D eigenvalue weighted by molar-refractivity contribution is 0.0410. The summed E-state index contributed by atoms with van der Waals surface area (Å²) in [5, 5.41) is 3.71. The van der Waals surface area contributed by atoms with Gasteiger partial charge < -0.3 is 4.74 Å². The van der Waals surface area contributed by atoms with Crippen LogP contribution in [0.15, 0.2) is 11.1 Å². The molecule has 0 radical (unpaired) electrons. The molecule has 8 heteroatoms. The minimum absolute atomic E-state index is 0.000116. The lowest BCUT2D eigenvalue weighted by Crippen LogP contribution is -2.37. The lowest BCUT2D eigenvalue weighted by atomic mass is 10.1. The van der Waals surface area contributed by atoms with Gasteiger partial charge in [0, 0.05) is 10.7 Å². The average molecular weight is 255 g/mol. The van der Waals surface area contributed by atoms with Crippen molar-refractivity contribution in [1.29, 1.82) is 0 Å². The third-order valence-corrected chi connectivity index (χ3v) is 3.32. The molecular formula is C7H8ClFN2O3S. The molecule has 0 saturated carbocycles. The van der Waals surface area contributed by atoms with Gasteiger partial charge in [-0.05, 0) is 6.92 Å². The highest BCUT2D eigenvalue weighted by atomic mass is 35.7. The summed E-state index contributed by atoms with van der Waals surface area (Å²) >= 11 is 0. The minimum atomic E-state index is -3.90. The third kappa shape index (κ3) is 1.93. The van der Waals surface area contributed by atoms with Gasteiger partial charge in [-0.1, -0.05) is 0 Å². The van der Waals surface area contributed by atoms with Gasteiger partial charge in [-0.15, -0.1) is 0 Å². The summed E-state index contributed by atoms with van der Waals surface area (Å²) < 4.78 is 41.8. The van der Waals surface area contributed by atoms with E-state index in [1.54, 1.807) is 0 Å². The Morgan fingerprint density at radius 3 is 3.00 bits per heavy atom. The van der Waals surface area contributed by atoms with Gasteiger partial charge >= 0.3 is 0 Å². The van der Waals surface area contributed by atoms with Crippen molar-refractivity contribution in [3.05, 3.63) is 6.20 Å². The molecule has 1 atom stereocenters. The number of alkyl halides is 1. The SMILES string of the molecule is CC1(F)COc2c(S(=O)(=O)Cl)cnn2C1. The summed E-state index contributed by atoms with van der Waals surface area (Å²) in [5.41, 5.74) is -1.55. The second-order valence-corrected chi connectivity index (χ2v) is 6.15. The monoisotopic (exact) mass is 254 g/mol. The zero-order valence-electron chi connectivity index (χ0n) is 7.77. The standard InChI is InChI=1S/C7H8ClFN2O3S/c1-7(9)3-11-6(14-4-7)5(2-10-11)15(8,12)13/h2H,3-4H2,1H3.